The summed E-state index contributed by atoms with van der Waals surface area (Å²) in [7, 11) is 0. The molecule has 3 aliphatic rings. The van der Waals surface area contributed by atoms with E-state index in [1.54, 1.807) is 0 Å². The lowest BCUT2D eigenvalue weighted by atomic mass is 10.1. The van der Waals surface area contributed by atoms with Gasteiger partial charge in [0, 0.05) is 24.9 Å². The standard InChI is InChI=1S/C20H28N2O3/c23-20(21-16-9-10-19-15(13-16)5-3-12-25-19)22(17-6-1-2-7-17)14-18-8-4-11-24-18/h9-10,13,17-18H,1-8,11-12,14H2,(H,21,23). The number of fused-ring (bicyclic) bond motifs is 1. The van der Waals surface area contributed by atoms with Crippen LogP contribution >= 0.6 is 0 Å². The van der Waals surface area contributed by atoms with Crippen molar-refractivity contribution in [1.29, 1.82) is 0 Å². The Morgan fingerprint density at radius 2 is 2.00 bits per heavy atom. The number of hydrogen-bond acceptors (Lipinski definition) is 3. The molecule has 2 heterocycles. The minimum Gasteiger partial charge on any atom is -0.493 e. The van der Waals surface area contributed by atoms with Crippen molar-refractivity contribution in [3.05, 3.63) is 23.8 Å². The summed E-state index contributed by atoms with van der Waals surface area (Å²) >= 11 is 0. The second-order valence-corrected chi connectivity index (χ2v) is 7.43. The lowest BCUT2D eigenvalue weighted by Gasteiger charge is -2.31. The van der Waals surface area contributed by atoms with Crippen molar-refractivity contribution in [3.63, 3.8) is 0 Å². The maximum Gasteiger partial charge on any atom is 0.322 e. The number of aryl methyl sites for hydroxylation is 1. The van der Waals surface area contributed by atoms with Crippen LogP contribution in [0.25, 0.3) is 0 Å². The Hall–Kier alpha value is -1.75. The molecule has 1 unspecified atom stereocenters. The van der Waals surface area contributed by atoms with Crippen molar-refractivity contribution in [3.8, 4) is 5.75 Å². The van der Waals surface area contributed by atoms with Gasteiger partial charge in [-0.15, -0.1) is 0 Å². The molecule has 1 N–H and O–H groups in total. The maximum atomic E-state index is 13.0. The number of ether oxygens (including phenoxy) is 2. The Labute approximate surface area is 149 Å². The molecule has 1 saturated carbocycles. The predicted octanol–water partition coefficient (Wildman–Crippen LogP) is 3.97. The van der Waals surface area contributed by atoms with Gasteiger partial charge in [-0.1, -0.05) is 12.8 Å². The summed E-state index contributed by atoms with van der Waals surface area (Å²) in [5.74, 6) is 0.955. The average molecular weight is 344 g/mol. The third-order valence-electron chi connectivity index (χ3n) is 5.61. The molecule has 0 spiro atoms. The van der Waals surface area contributed by atoms with E-state index >= 15 is 0 Å². The fourth-order valence-electron chi connectivity index (χ4n) is 4.25. The Bertz CT molecular complexity index is 607. The van der Waals surface area contributed by atoms with Gasteiger partial charge in [-0.3, -0.25) is 0 Å². The zero-order chi connectivity index (χ0) is 17.1. The van der Waals surface area contributed by atoms with E-state index in [-0.39, 0.29) is 12.1 Å². The number of hydrogen-bond donors (Lipinski definition) is 1. The lowest BCUT2D eigenvalue weighted by molar-refractivity contribution is 0.0729. The van der Waals surface area contributed by atoms with E-state index in [1.807, 2.05) is 17.0 Å². The Kier molecular flexibility index (Phi) is 5.11. The molecule has 1 saturated heterocycles. The van der Waals surface area contributed by atoms with Crippen molar-refractivity contribution in [1.82, 2.24) is 4.90 Å². The van der Waals surface area contributed by atoms with Crippen LogP contribution in [0.4, 0.5) is 10.5 Å². The van der Waals surface area contributed by atoms with Crippen LogP contribution in [0, 0.1) is 0 Å². The summed E-state index contributed by atoms with van der Waals surface area (Å²) in [4.78, 5) is 15.0. The summed E-state index contributed by atoms with van der Waals surface area (Å²) in [6.07, 6.45) is 9.08. The highest BCUT2D eigenvalue weighted by atomic mass is 16.5. The fraction of sp³-hybridized carbons (Fsp3) is 0.650. The van der Waals surface area contributed by atoms with E-state index in [4.69, 9.17) is 9.47 Å². The highest BCUT2D eigenvalue weighted by Crippen LogP contribution is 2.29. The van der Waals surface area contributed by atoms with Gasteiger partial charge in [0.15, 0.2) is 0 Å². The molecule has 1 aromatic carbocycles. The quantitative estimate of drug-likeness (QED) is 0.899. The summed E-state index contributed by atoms with van der Waals surface area (Å²) in [6, 6.07) is 6.35. The number of urea groups is 1. The molecule has 2 aliphatic heterocycles. The van der Waals surface area contributed by atoms with Gasteiger partial charge in [0.05, 0.1) is 12.7 Å². The van der Waals surface area contributed by atoms with Crippen LogP contribution in [0.1, 0.15) is 50.5 Å². The van der Waals surface area contributed by atoms with Gasteiger partial charge in [-0.25, -0.2) is 4.79 Å². The van der Waals surface area contributed by atoms with E-state index in [0.717, 1.165) is 63.2 Å². The van der Waals surface area contributed by atoms with Crippen LogP contribution in [-0.4, -0.2) is 42.8 Å². The second-order valence-electron chi connectivity index (χ2n) is 7.43. The maximum absolute atomic E-state index is 13.0. The van der Waals surface area contributed by atoms with Crippen LogP contribution in [0.2, 0.25) is 0 Å². The van der Waals surface area contributed by atoms with Crippen molar-refractivity contribution in [2.45, 2.75) is 63.5 Å². The third kappa shape index (κ3) is 3.92. The molecule has 0 bridgehead atoms. The summed E-state index contributed by atoms with van der Waals surface area (Å²) in [5.41, 5.74) is 2.06. The number of carbonyl (C=O) groups is 1. The average Bonchev–Trinajstić information content (AvgIpc) is 3.33. The number of nitrogens with one attached hydrogen (secondary N) is 1. The summed E-state index contributed by atoms with van der Waals surface area (Å²) in [6.45, 7) is 2.33. The fourth-order valence-corrected chi connectivity index (χ4v) is 4.25. The first-order chi connectivity index (χ1) is 12.3. The van der Waals surface area contributed by atoms with Crippen molar-refractivity contribution < 1.29 is 14.3 Å². The summed E-state index contributed by atoms with van der Waals surface area (Å²) < 4.78 is 11.4. The Balaban J connectivity index is 1.45. The number of nitrogens with zero attached hydrogens (tertiary/aromatic N) is 1. The van der Waals surface area contributed by atoms with Crippen molar-refractivity contribution >= 4 is 11.7 Å². The molecule has 136 valence electrons. The number of carbonyl (C=O) groups excluding carboxylic acids is 1. The van der Waals surface area contributed by atoms with Gasteiger partial charge < -0.3 is 19.7 Å². The molecule has 5 heteroatoms. The zero-order valence-corrected chi connectivity index (χ0v) is 14.8. The minimum atomic E-state index is 0.0130. The van der Waals surface area contributed by atoms with Gasteiger partial charge in [-0.05, 0) is 62.3 Å². The molecule has 0 radical (unpaired) electrons. The first-order valence-corrected chi connectivity index (χ1v) is 9.74. The first-order valence-electron chi connectivity index (χ1n) is 9.74. The smallest absolute Gasteiger partial charge is 0.322 e. The largest absolute Gasteiger partial charge is 0.493 e. The van der Waals surface area contributed by atoms with Crippen molar-refractivity contribution in [2.75, 3.05) is 25.1 Å². The van der Waals surface area contributed by atoms with Gasteiger partial charge in [0.2, 0.25) is 0 Å². The number of anilines is 1. The predicted molar refractivity (Wildman–Crippen MR) is 97.2 cm³/mol. The van der Waals surface area contributed by atoms with E-state index in [9.17, 15) is 4.79 Å². The molecular weight excluding hydrogens is 316 g/mol. The first kappa shape index (κ1) is 16.7. The van der Waals surface area contributed by atoms with Crippen LogP contribution in [0.15, 0.2) is 18.2 Å². The number of benzene rings is 1. The van der Waals surface area contributed by atoms with Crippen LogP contribution in [-0.2, 0) is 11.2 Å². The van der Waals surface area contributed by atoms with E-state index < -0.39 is 0 Å². The Morgan fingerprint density at radius 3 is 2.80 bits per heavy atom. The molecule has 1 atom stereocenters. The second kappa shape index (κ2) is 7.65. The van der Waals surface area contributed by atoms with Gasteiger partial charge >= 0.3 is 6.03 Å². The zero-order valence-electron chi connectivity index (χ0n) is 14.8. The Morgan fingerprint density at radius 1 is 1.12 bits per heavy atom. The molecule has 5 nitrogen and oxygen atoms in total. The minimum absolute atomic E-state index is 0.0130. The molecule has 25 heavy (non-hydrogen) atoms. The highest BCUT2D eigenvalue weighted by Gasteiger charge is 2.30. The topological polar surface area (TPSA) is 50.8 Å². The van der Waals surface area contributed by atoms with Crippen LogP contribution in [0.5, 0.6) is 5.75 Å². The normalized spacial score (nSPS) is 23.1. The van der Waals surface area contributed by atoms with Gasteiger partial charge in [-0.2, -0.15) is 0 Å². The number of rotatable bonds is 4. The molecule has 2 fully saturated rings. The van der Waals surface area contributed by atoms with E-state index in [1.165, 1.54) is 18.4 Å². The van der Waals surface area contributed by atoms with E-state index in [2.05, 4.69) is 11.4 Å². The van der Waals surface area contributed by atoms with Crippen molar-refractivity contribution in [2.24, 2.45) is 0 Å². The number of amides is 2. The highest BCUT2D eigenvalue weighted by molar-refractivity contribution is 5.89. The molecule has 2 amide bonds. The lowest BCUT2D eigenvalue weighted by Crippen LogP contribution is -2.45. The molecular formula is C20H28N2O3. The van der Waals surface area contributed by atoms with Crippen LogP contribution in [0.3, 0.4) is 0 Å². The summed E-state index contributed by atoms with van der Waals surface area (Å²) in [5, 5.41) is 3.12. The SMILES string of the molecule is O=C(Nc1ccc2c(c1)CCCO2)N(CC1CCCO1)C1CCCC1. The molecule has 1 aliphatic carbocycles. The van der Waals surface area contributed by atoms with Crippen LogP contribution < -0.4 is 10.1 Å². The molecule has 4 rings (SSSR count). The van der Waals surface area contributed by atoms with Gasteiger partial charge in [0.25, 0.3) is 0 Å². The molecule has 1 aromatic rings. The monoisotopic (exact) mass is 344 g/mol. The third-order valence-corrected chi connectivity index (χ3v) is 5.61. The van der Waals surface area contributed by atoms with Gasteiger partial charge in [0.1, 0.15) is 5.75 Å². The molecule has 0 aromatic heterocycles. The van der Waals surface area contributed by atoms with E-state index in [0.29, 0.717) is 12.6 Å².